The third-order valence-electron chi connectivity index (χ3n) is 4.16. The van der Waals surface area contributed by atoms with E-state index in [1.54, 1.807) is 7.11 Å². The van der Waals surface area contributed by atoms with E-state index in [4.69, 9.17) is 9.72 Å². The van der Waals surface area contributed by atoms with Crippen LogP contribution in [0.5, 0.6) is 5.75 Å². The number of pyridine rings is 1. The Morgan fingerprint density at radius 2 is 2.00 bits per heavy atom. The lowest BCUT2D eigenvalue weighted by atomic mass is 10.1. The van der Waals surface area contributed by atoms with Gasteiger partial charge in [0.15, 0.2) is 5.82 Å². The maximum Gasteiger partial charge on any atom is 0.230 e. The van der Waals surface area contributed by atoms with Gasteiger partial charge in [0.2, 0.25) is 11.9 Å². The van der Waals surface area contributed by atoms with Crippen molar-refractivity contribution in [3.8, 4) is 28.5 Å². The lowest BCUT2D eigenvalue weighted by Gasteiger charge is -2.10. The van der Waals surface area contributed by atoms with E-state index in [2.05, 4.69) is 30.5 Å². The number of hydrogen-bond acceptors (Lipinski definition) is 7. The van der Waals surface area contributed by atoms with E-state index in [1.807, 2.05) is 37.3 Å². The fourth-order valence-corrected chi connectivity index (χ4v) is 2.91. The topological polar surface area (TPSA) is 119 Å². The molecule has 0 atom stereocenters. The van der Waals surface area contributed by atoms with Gasteiger partial charge in [-0.15, -0.1) is 0 Å². The second-order valence-corrected chi connectivity index (χ2v) is 6.16. The molecule has 0 aliphatic carbocycles. The van der Waals surface area contributed by atoms with Crippen molar-refractivity contribution < 1.29 is 9.53 Å². The van der Waals surface area contributed by atoms with E-state index in [1.165, 1.54) is 13.3 Å². The number of anilines is 1. The molecule has 3 aromatic heterocycles. The Hall–Kier alpha value is -3.88. The Bertz CT molecular complexity index is 1170. The van der Waals surface area contributed by atoms with Crippen LogP contribution < -0.4 is 10.1 Å². The molecule has 0 radical (unpaired) electrons. The SMILES string of the molecule is COc1ccc(-c2ccc3nc(NC(C)=O)nc(-c4ncn[nH]4)c3n2)cc1C. The van der Waals surface area contributed by atoms with Gasteiger partial charge < -0.3 is 4.74 Å². The summed E-state index contributed by atoms with van der Waals surface area (Å²) < 4.78 is 5.32. The zero-order valence-corrected chi connectivity index (χ0v) is 15.5. The lowest BCUT2D eigenvalue weighted by molar-refractivity contribution is -0.114. The molecule has 4 aromatic rings. The summed E-state index contributed by atoms with van der Waals surface area (Å²) in [5.74, 6) is 1.17. The Morgan fingerprint density at radius 1 is 1.14 bits per heavy atom. The molecule has 4 rings (SSSR count). The molecule has 28 heavy (non-hydrogen) atoms. The van der Waals surface area contributed by atoms with Crippen molar-refractivity contribution in [3.63, 3.8) is 0 Å². The van der Waals surface area contributed by atoms with Crippen LogP contribution in [0, 0.1) is 6.92 Å². The van der Waals surface area contributed by atoms with Crippen molar-refractivity contribution in [2.24, 2.45) is 0 Å². The molecule has 140 valence electrons. The predicted molar refractivity (Wildman–Crippen MR) is 104 cm³/mol. The molecule has 1 amide bonds. The van der Waals surface area contributed by atoms with Crippen LogP contribution in [0.4, 0.5) is 5.95 Å². The normalized spacial score (nSPS) is 10.8. The van der Waals surface area contributed by atoms with Crippen molar-refractivity contribution in [1.29, 1.82) is 0 Å². The average molecular weight is 375 g/mol. The summed E-state index contributed by atoms with van der Waals surface area (Å²) in [4.78, 5) is 29.1. The zero-order valence-electron chi connectivity index (χ0n) is 15.5. The molecule has 9 heteroatoms. The second kappa shape index (κ2) is 7.03. The van der Waals surface area contributed by atoms with Gasteiger partial charge >= 0.3 is 0 Å². The number of nitrogens with zero attached hydrogens (tertiary/aromatic N) is 5. The van der Waals surface area contributed by atoms with Gasteiger partial charge in [0.1, 0.15) is 23.3 Å². The van der Waals surface area contributed by atoms with Crippen molar-refractivity contribution in [3.05, 3.63) is 42.2 Å². The highest BCUT2D eigenvalue weighted by molar-refractivity contribution is 5.92. The van der Waals surface area contributed by atoms with Crippen LogP contribution in [0.3, 0.4) is 0 Å². The largest absolute Gasteiger partial charge is 0.496 e. The maximum absolute atomic E-state index is 11.4. The summed E-state index contributed by atoms with van der Waals surface area (Å²) in [5, 5.41) is 9.27. The predicted octanol–water partition coefficient (Wildman–Crippen LogP) is 2.75. The Kier molecular flexibility index (Phi) is 4.40. The number of aromatic nitrogens is 6. The number of benzene rings is 1. The van der Waals surface area contributed by atoms with E-state index in [0.29, 0.717) is 22.6 Å². The van der Waals surface area contributed by atoms with Gasteiger partial charge in [-0.05, 0) is 42.8 Å². The average Bonchev–Trinajstić information content (AvgIpc) is 3.21. The Balaban J connectivity index is 1.89. The minimum Gasteiger partial charge on any atom is -0.496 e. The van der Waals surface area contributed by atoms with Crippen LogP contribution in [0.1, 0.15) is 12.5 Å². The smallest absolute Gasteiger partial charge is 0.230 e. The van der Waals surface area contributed by atoms with E-state index in [0.717, 1.165) is 22.6 Å². The van der Waals surface area contributed by atoms with E-state index in [9.17, 15) is 4.79 Å². The molecular formula is C19H17N7O2. The van der Waals surface area contributed by atoms with Crippen molar-refractivity contribution >= 4 is 22.9 Å². The number of amides is 1. The zero-order chi connectivity index (χ0) is 19.7. The molecule has 9 nitrogen and oxygen atoms in total. The molecule has 0 saturated heterocycles. The number of H-pyrrole nitrogens is 1. The van der Waals surface area contributed by atoms with Crippen molar-refractivity contribution in [2.75, 3.05) is 12.4 Å². The van der Waals surface area contributed by atoms with E-state index in [-0.39, 0.29) is 11.9 Å². The third kappa shape index (κ3) is 3.25. The number of aryl methyl sites for hydroxylation is 1. The van der Waals surface area contributed by atoms with Crippen LogP contribution in [0.2, 0.25) is 0 Å². The monoisotopic (exact) mass is 375 g/mol. The molecule has 3 heterocycles. The van der Waals surface area contributed by atoms with Crippen LogP contribution >= 0.6 is 0 Å². The van der Waals surface area contributed by atoms with Gasteiger partial charge in [-0.1, -0.05) is 0 Å². The standard InChI is InChI=1S/C19H17N7O2/c1-10-8-12(4-7-15(10)28-3)13-5-6-14-16(23-13)17(18-20-9-21-26-18)25-19(24-14)22-11(2)27/h4-9H,1-3H3,(H,20,21,26)(H,22,24,25,27). The molecule has 2 N–H and O–H groups in total. The summed E-state index contributed by atoms with van der Waals surface area (Å²) in [6, 6.07) is 9.57. The molecule has 0 bridgehead atoms. The number of hydrogen-bond donors (Lipinski definition) is 2. The number of rotatable bonds is 4. The molecular weight excluding hydrogens is 358 g/mol. The Labute approximate surface area is 160 Å². The molecule has 0 saturated carbocycles. The van der Waals surface area contributed by atoms with Gasteiger partial charge in [0.25, 0.3) is 0 Å². The number of fused-ring (bicyclic) bond motifs is 1. The summed E-state index contributed by atoms with van der Waals surface area (Å²) in [7, 11) is 1.64. The fourth-order valence-electron chi connectivity index (χ4n) is 2.91. The first-order chi connectivity index (χ1) is 13.5. The number of carbonyl (C=O) groups excluding carboxylic acids is 1. The molecule has 0 aliphatic heterocycles. The third-order valence-corrected chi connectivity index (χ3v) is 4.16. The number of carbonyl (C=O) groups is 1. The van der Waals surface area contributed by atoms with Gasteiger partial charge in [0.05, 0.1) is 18.3 Å². The van der Waals surface area contributed by atoms with Gasteiger partial charge in [-0.25, -0.2) is 19.9 Å². The molecule has 0 spiro atoms. The summed E-state index contributed by atoms with van der Waals surface area (Å²) >= 11 is 0. The first kappa shape index (κ1) is 17.5. The van der Waals surface area contributed by atoms with Crippen LogP contribution in [0.25, 0.3) is 33.8 Å². The summed E-state index contributed by atoms with van der Waals surface area (Å²) in [6.45, 7) is 3.38. The van der Waals surface area contributed by atoms with Crippen LogP contribution in [-0.2, 0) is 4.79 Å². The minimum absolute atomic E-state index is 0.182. The number of methoxy groups -OCH3 is 1. The number of aromatic amines is 1. The molecule has 0 unspecified atom stereocenters. The summed E-state index contributed by atoms with van der Waals surface area (Å²) in [6.07, 6.45) is 1.39. The second-order valence-electron chi connectivity index (χ2n) is 6.16. The van der Waals surface area contributed by atoms with Crippen LogP contribution in [0.15, 0.2) is 36.7 Å². The van der Waals surface area contributed by atoms with Gasteiger partial charge in [-0.3, -0.25) is 15.2 Å². The van der Waals surface area contributed by atoms with Gasteiger partial charge in [-0.2, -0.15) is 5.10 Å². The summed E-state index contributed by atoms with van der Waals surface area (Å²) in [5.41, 5.74) is 4.30. The highest BCUT2D eigenvalue weighted by Crippen LogP contribution is 2.29. The van der Waals surface area contributed by atoms with E-state index >= 15 is 0 Å². The highest BCUT2D eigenvalue weighted by Gasteiger charge is 2.15. The highest BCUT2D eigenvalue weighted by atomic mass is 16.5. The molecule has 0 fully saturated rings. The molecule has 1 aromatic carbocycles. The lowest BCUT2D eigenvalue weighted by Crippen LogP contribution is -2.10. The van der Waals surface area contributed by atoms with Gasteiger partial charge in [0, 0.05) is 12.5 Å². The Morgan fingerprint density at radius 3 is 2.68 bits per heavy atom. The first-order valence-corrected chi connectivity index (χ1v) is 8.52. The fraction of sp³-hybridized carbons (Fsp3) is 0.158. The van der Waals surface area contributed by atoms with Crippen molar-refractivity contribution in [2.45, 2.75) is 13.8 Å². The molecule has 0 aliphatic rings. The quantitative estimate of drug-likeness (QED) is 0.563. The number of nitrogens with one attached hydrogen (secondary N) is 2. The van der Waals surface area contributed by atoms with E-state index < -0.39 is 0 Å². The van der Waals surface area contributed by atoms with Crippen molar-refractivity contribution in [1.82, 2.24) is 30.1 Å². The maximum atomic E-state index is 11.4. The van der Waals surface area contributed by atoms with Crippen LogP contribution in [-0.4, -0.2) is 43.2 Å². The minimum atomic E-state index is -0.263. The first-order valence-electron chi connectivity index (χ1n) is 8.52. The number of ether oxygens (including phenoxy) is 1.